The molecule has 1 heterocycles. The Morgan fingerprint density at radius 3 is 2.61 bits per heavy atom. The zero-order valence-corrected chi connectivity index (χ0v) is 10.9. The molecule has 0 bridgehead atoms. The number of para-hydroxylation sites is 1. The van der Waals surface area contributed by atoms with Crippen LogP contribution in [0, 0.1) is 5.82 Å². The third-order valence-corrected chi connectivity index (χ3v) is 3.34. The number of nitrogens with zero attached hydrogens (tertiary/aromatic N) is 2. The van der Waals surface area contributed by atoms with Crippen LogP contribution in [-0.4, -0.2) is 9.55 Å². The van der Waals surface area contributed by atoms with Crippen LogP contribution in [0.4, 0.5) is 10.3 Å². The van der Waals surface area contributed by atoms with Gasteiger partial charge in [0.2, 0.25) is 5.95 Å². The summed E-state index contributed by atoms with van der Waals surface area (Å²) in [4.78, 5) is 4.17. The number of nitrogens with two attached hydrogens (primary N) is 1. The zero-order chi connectivity index (χ0) is 12.7. The normalized spacial score (nSPS) is 11.0. The molecule has 18 heavy (non-hydrogen) atoms. The summed E-state index contributed by atoms with van der Waals surface area (Å²) < 4.78 is 15.6. The first-order valence-corrected chi connectivity index (χ1v) is 6.14. The van der Waals surface area contributed by atoms with Crippen molar-refractivity contribution in [3.8, 4) is 5.69 Å². The number of imidazole rings is 1. The van der Waals surface area contributed by atoms with E-state index in [1.165, 1.54) is 6.07 Å². The summed E-state index contributed by atoms with van der Waals surface area (Å²) in [7, 11) is 0. The Morgan fingerprint density at radius 2 is 1.89 bits per heavy atom. The fourth-order valence-electron chi connectivity index (χ4n) is 1.94. The summed E-state index contributed by atoms with van der Waals surface area (Å²) in [6, 6.07) is 12.7. The second-order valence-corrected chi connectivity index (χ2v) is 4.75. The monoisotopic (exact) mass is 305 g/mol. The lowest BCUT2D eigenvalue weighted by Crippen LogP contribution is -2.00. The van der Waals surface area contributed by atoms with Gasteiger partial charge in [0.05, 0.1) is 15.5 Å². The summed E-state index contributed by atoms with van der Waals surface area (Å²) in [6.07, 6.45) is 0. The molecule has 2 aromatic carbocycles. The lowest BCUT2D eigenvalue weighted by Gasteiger charge is -2.06. The van der Waals surface area contributed by atoms with Gasteiger partial charge in [0.25, 0.3) is 0 Å². The fraction of sp³-hybridized carbons (Fsp3) is 0. The second kappa shape index (κ2) is 4.10. The number of aromatic nitrogens is 2. The minimum atomic E-state index is -0.347. The predicted octanol–water partition coefficient (Wildman–Crippen LogP) is 3.51. The van der Waals surface area contributed by atoms with Crippen molar-refractivity contribution >= 4 is 32.9 Å². The van der Waals surface area contributed by atoms with Gasteiger partial charge in [0.15, 0.2) is 0 Å². The SMILES string of the molecule is Nc1nc2cc(F)c(Br)cc2n1-c1ccccc1. The van der Waals surface area contributed by atoms with E-state index < -0.39 is 0 Å². The summed E-state index contributed by atoms with van der Waals surface area (Å²) in [5.41, 5.74) is 8.11. The lowest BCUT2D eigenvalue weighted by molar-refractivity contribution is 0.623. The van der Waals surface area contributed by atoms with E-state index in [0.717, 1.165) is 11.2 Å². The molecule has 0 atom stereocenters. The molecule has 3 rings (SSSR count). The zero-order valence-electron chi connectivity index (χ0n) is 9.27. The number of nitrogen functional groups attached to an aromatic ring is 1. The summed E-state index contributed by atoms with van der Waals surface area (Å²) in [5.74, 6) is -0.00564. The highest BCUT2D eigenvalue weighted by molar-refractivity contribution is 9.10. The molecule has 0 aliphatic carbocycles. The van der Waals surface area contributed by atoms with Gasteiger partial charge in [-0.3, -0.25) is 4.57 Å². The van der Waals surface area contributed by atoms with Gasteiger partial charge in [0, 0.05) is 11.8 Å². The molecule has 0 amide bonds. The van der Waals surface area contributed by atoms with Crippen LogP contribution < -0.4 is 5.73 Å². The maximum atomic E-state index is 13.5. The number of halogens is 2. The van der Waals surface area contributed by atoms with Crippen LogP contribution in [-0.2, 0) is 0 Å². The molecule has 0 saturated heterocycles. The van der Waals surface area contributed by atoms with E-state index >= 15 is 0 Å². The summed E-state index contributed by atoms with van der Waals surface area (Å²) >= 11 is 3.18. The Morgan fingerprint density at radius 1 is 1.17 bits per heavy atom. The van der Waals surface area contributed by atoms with E-state index in [2.05, 4.69) is 20.9 Å². The van der Waals surface area contributed by atoms with Crippen molar-refractivity contribution in [3.05, 3.63) is 52.8 Å². The Balaban J connectivity index is 2.36. The van der Waals surface area contributed by atoms with Gasteiger partial charge in [-0.05, 0) is 34.1 Å². The van der Waals surface area contributed by atoms with E-state index in [-0.39, 0.29) is 5.82 Å². The molecule has 0 fully saturated rings. The molecular formula is C13H9BrFN3. The maximum absolute atomic E-state index is 13.5. The topological polar surface area (TPSA) is 43.8 Å². The molecule has 3 nitrogen and oxygen atoms in total. The maximum Gasteiger partial charge on any atom is 0.205 e. The van der Waals surface area contributed by atoms with Gasteiger partial charge in [-0.15, -0.1) is 0 Å². The summed E-state index contributed by atoms with van der Waals surface area (Å²) in [6.45, 7) is 0. The average molecular weight is 306 g/mol. The van der Waals surface area contributed by atoms with Crippen LogP contribution in [0.3, 0.4) is 0 Å². The first kappa shape index (κ1) is 11.2. The van der Waals surface area contributed by atoms with Gasteiger partial charge in [-0.2, -0.15) is 0 Å². The van der Waals surface area contributed by atoms with Crippen molar-refractivity contribution < 1.29 is 4.39 Å². The smallest absolute Gasteiger partial charge is 0.205 e. The molecule has 1 aromatic heterocycles. The van der Waals surface area contributed by atoms with Gasteiger partial charge in [-0.1, -0.05) is 18.2 Å². The molecule has 0 radical (unpaired) electrons. The number of benzene rings is 2. The van der Waals surface area contributed by atoms with Crippen molar-refractivity contribution in [2.45, 2.75) is 0 Å². The van der Waals surface area contributed by atoms with Crippen molar-refractivity contribution in [2.24, 2.45) is 0 Å². The number of fused-ring (bicyclic) bond motifs is 1. The molecule has 0 aliphatic rings. The number of rotatable bonds is 1. The third kappa shape index (κ3) is 1.67. The predicted molar refractivity (Wildman–Crippen MR) is 73.1 cm³/mol. The minimum absolute atomic E-state index is 0.341. The minimum Gasteiger partial charge on any atom is -0.369 e. The van der Waals surface area contributed by atoms with Crippen LogP contribution in [0.15, 0.2) is 46.9 Å². The van der Waals surface area contributed by atoms with Crippen LogP contribution in [0.1, 0.15) is 0 Å². The molecular weight excluding hydrogens is 297 g/mol. The molecule has 3 aromatic rings. The second-order valence-electron chi connectivity index (χ2n) is 3.90. The fourth-order valence-corrected chi connectivity index (χ4v) is 2.27. The molecule has 0 unspecified atom stereocenters. The van der Waals surface area contributed by atoms with Crippen molar-refractivity contribution in [1.82, 2.24) is 9.55 Å². The van der Waals surface area contributed by atoms with E-state index in [4.69, 9.17) is 5.73 Å². The first-order valence-electron chi connectivity index (χ1n) is 5.35. The van der Waals surface area contributed by atoms with E-state index in [0.29, 0.717) is 15.9 Å². The lowest BCUT2D eigenvalue weighted by atomic mass is 10.2. The molecule has 90 valence electrons. The van der Waals surface area contributed by atoms with Gasteiger partial charge in [0.1, 0.15) is 5.82 Å². The molecule has 0 aliphatic heterocycles. The van der Waals surface area contributed by atoms with Crippen LogP contribution in [0.5, 0.6) is 0 Å². The van der Waals surface area contributed by atoms with E-state index in [9.17, 15) is 4.39 Å². The Labute approximate surface area is 111 Å². The molecule has 2 N–H and O–H groups in total. The Bertz CT molecular complexity index is 722. The number of hydrogen-bond donors (Lipinski definition) is 1. The highest BCUT2D eigenvalue weighted by Gasteiger charge is 2.12. The molecule has 0 saturated carbocycles. The van der Waals surface area contributed by atoms with Crippen molar-refractivity contribution in [2.75, 3.05) is 5.73 Å². The first-order chi connectivity index (χ1) is 8.66. The van der Waals surface area contributed by atoms with Crippen LogP contribution in [0.2, 0.25) is 0 Å². The van der Waals surface area contributed by atoms with Crippen LogP contribution in [0.25, 0.3) is 16.7 Å². The van der Waals surface area contributed by atoms with Gasteiger partial charge in [-0.25, -0.2) is 9.37 Å². The Hall–Kier alpha value is -1.88. The largest absolute Gasteiger partial charge is 0.369 e. The summed E-state index contributed by atoms with van der Waals surface area (Å²) in [5, 5.41) is 0. The highest BCUT2D eigenvalue weighted by atomic mass is 79.9. The van der Waals surface area contributed by atoms with Gasteiger partial charge < -0.3 is 5.73 Å². The molecule has 5 heteroatoms. The average Bonchev–Trinajstić information content (AvgIpc) is 2.66. The van der Waals surface area contributed by atoms with E-state index in [1.54, 1.807) is 10.6 Å². The quantitative estimate of drug-likeness (QED) is 0.747. The highest BCUT2D eigenvalue weighted by Crippen LogP contribution is 2.27. The molecule has 0 spiro atoms. The third-order valence-electron chi connectivity index (χ3n) is 2.74. The van der Waals surface area contributed by atoms with Gasteiger partial charge >= 0.3 is 0 Å². The van der Waals surface area contributed by atoms with Crippen molar-refractivity contribution in [3.63, 3.8) is 0 Å². The number of anilines is 1. The number of hydrogen-bond acceptors (Lipinski definition) is 2. The van der Waals surface area contributed by atoms with Crippen LogP contribution >= 0.6 is 15.9 Å². The van der Waals surface area contributed by atoms with Crippen molar-refractivity contribution in [1.29, 1.82) is 0 Å². The van der Waals surface area contributed by atoms with E-state index in [1.807, 2.05) is 30.3 Å². The Kier molecular flexibility index (Phi) is 2.56. The standard InChI is InChI=1S/C13H9BrFN3/c14-9-6-12-11(7-10(9)15)17-13(16)18(12)8-4-2-1-3-5-8/h1-7H,(H2,16,17).